The molecule has 3 rings (SSSR count). The van der Waals surface area contributed by atoms with Crippen LogP contribution in [0.4, 0.5) is 14.5 Å². The Bertz CT molecular complexity index is 1190. The first-order valence-corrected chi connectivity index (χ1v) is 10.8. The minimum absolute atomic E-state index is 0.0817. The number of amides is 1. The van der Waals surface area contributed by atoms with Crippen molar-refractivity contribution in [3.05, 3.63) is 50.2 Å². The molecule has 0 bridgehead atoms. The Morgan fingerprint density at radius 3 is 2.44 bits per heavy atom. The molecule has 0 saturated heterocycles. The molecule has 0 aliphatic heterocycles. The first kappa shape index (κ1) is 24.1. The van der Waals surface area contributed by atoms with Crippen LogP contribution >= 0.6 is 27.5 Å². The van der Waals surface area contributed by atoms with E-state index in [1.807, 2.05) is 0 Å². The zero-order chi connectivity index (χ0) is 24.0. The lowest BCUT2D eigenvalue weighted by Gasteiger charge is -2.43. The summed E-state index contributed by atoms with van der Waals surface area (Å²) in [5.41, 5.74) is 0.189. The van der Waals surface area contributed by atoms with Gasteiger partial charge >= 0.3 is 0 Å². The number of alkyl halides is 2. The van der Waals surface area contributed by atoms with Crippen molar-refractivity contribution in [3.8, 4) is 12.3 Å². The van der Waals surface area contributed by atoms with Crippen molar-refractivity contribution in [1.29, 1.82) is 0 Å². The Morgan fingerprint density at radius 2 is 1.91 bits per heavy atom. The summed E-state index contributed by atoms with van der Waals surface area (Å²) in [4.78, 5) is 38.5. The number of carbonyl (C=O) groups excluding carboxylic acids is 3. The third-order valence-corrected chi connectivity index (χ3v) is 7.02. The maximum Gasteiger partial charge on any atom is 0.272 e. The molecule has 1 aliphatic rings. The molecule has 1 aromatic carbocycles. The summed E-state index contributed by atoms with van der Waals surface area (Å²) < 4.78 is 28.8. The number of benzene rings is 1. The smallest absolute Gasteiger partial charge is 0.272 e. The third-order valence-electron chi connectivity index (χ3n) is 5.80. The molecular formula is C23H20BrClF2N2O3. The molecule has 0 unspecified atom stereocenters. The number of nitrogens with one attached hydrogen (secondary N) is 1. The van der Waals surface area contributed by atoms with Gasteiger partial charge in [0.25, 0.3) is 11.8 Å². The average molecular weight is 526 g/mol. The van der Waals surface area contributed by atoms with Crippen LogP contribution in [0.5, 0.6) is 0 Å². The molecule has 0 radical (unpaired) electrons. The molecule has 32 heavy (non-hydrogen) atoms. The van der Waals surface area contributed by atoms with E-state index in [0.717, 1.165) is 0 Å². The van der Waals surface area contributed by atoms with Gasteiger partial charge in [0.05, 0.1) is 10.6 Å². The standard InChI is InChI=1S/C23H20BrClF2N2O3/c1-5-22(10-23(26,27)11-22)9-17(30)20(31)18-12(2)19(29(4)13(18)3)21(32)28-14-6-7-16(25)15(24)8-14/h1,6-8H,9-11H2,2-4H3,(H,28,32). The third kappa shape index (κ3) is 4.37. The van der Waals surface area contributed by atoms with E-state index in [0.29, 0.717) is 26.4 Å². The molecule has 1 amide bonds. The first-order chi connectivity index (χ1) is 14.8. The normalized spacial score (nSPS) is 16.1. The lowest BCUT2D eigenvalue weighted by Crippen LogP contribution is -2.47. The van der Waals surface area contributed by atoms with E-state index in [2.05, 4.69) is 27.2 Å². The van der Waals surface area contributed by atoms with Crippen LogP contribution in [-0.2, 0) is 11.8 Å². The quantitative estimate of drug-likeness (QED) is 0.308. The highest BCUT2D eigenvalue weighted by Gasteiger charge is 2.56. The van der Waals surface area contributed by atoms with Crippen molar-refractivity contribution < 1.29 is 23.2 Å². The number of terminal acetylenes is 1. The van der Waals surface area contributed by atoms with Crippen LogP contribution in [0.2, 0.25) is 5.02 Å². The van der Waals surface area contributed by atoms with Gasteiger partial charge in [-0.1, -0.05) is 17.5 Å². The molecule has 1 fully saturated rings. The van der Waals surface area contributed by atoms with Gasteiger partial charge in [-0.25, -0.2) is 8.78 Å². The summed E-state index contributed by atoms with van der Waals surface area (Å²) in [6, 6.07) is 4.87. The Morgan fingerprint density at radius 1 is 1.28 bits per heavy atom. The van der Waals surface area contributed by atoms with Gasteiger partial charge in [-0.3, -0.25) is 14.4 Å². The maximum absolute atomic E-state index is 13.3. The van der Waals surface area contributed by atoms with Gasteiger partial charge in [-0.2, -0.15) is 0 Å². The number of ketones is 2. The zero-order valence-electron chi connectivity index (χ0n) is 17.6. The maximum atomic E-state index is 13.3. The van der Waals surface area contributed by atoms with Crippen LogP contribution in [-0.4, -0.2) is 28.0 Å². The fourth-order valence-corrected chi connectivity index (χ4v) is 4.64. The van der Waals surface area contributed by atoms with Crippen molar-refractivity contribution in [2.75, 3.05) is 5.32 Å². The number of hydrogen-bond donors (Lipinski definition) is 1. The van der Waals surface area contributed by atoms with Gasteiger partial charge in [-0.05, 0) is 53.5 Å². The van der Waals surface area contributed by atoms with E-state index >= 15 is 0 Å². The lowest BCUT2D eigenvalue weighted by atomic mass is 9.63. The number of carbonyl (C=O) groups is 3. The highest BCUT2D eigenvalue weighted by molar-refractivity contribution is 9.10. The van der Waals surface area contributed by atoms with Crippen molar-refractivity contribution in [2.45, 2.75) is 39.0 Å². The van der Waals surface area contributed by atoms with Crippen LogP contribution in [0.15, 0.2) is 22.7 Å². The van der Waals surface area contributed by atoms with E-state index in [1.54, 1.807) is 39.1 Å². The molecule has 1 saturated carbocycles. The highest BCUT2D eigenvalue weighted by atomic mass is 79.9. The largest absolute Gasteiger partial charge is 0.343 e. The highest BCUT2D eigenvalue weighted by Crippen LogP contribution is 2.53. The Labute approximate surface area is 197 Å². The molecule has 1 heterocycles. The van der Waals surface area contributed by atoms with E-state index in [1.165, 1.54) is 4.57 Å². The number of aromatic nitrogens is 1. The number of halogens is 4. The average Bonchev–Trinajstić information content (AvgIpc) is 2.91. The predicted octanol–water partition coefficient (Wildman–Crippen LogP) is 5.50. The van der Waals surface area contributed by atoms with Crippen molar-refractivity contribution in [2.24, 2.45) is 12.5 Å². The van der Waals surface area contributed by atoms with Crippen LogP contribution < -0.4 is 5.32 Å². The van der Waals surface area contributed by atoms with Crippen LogP contribution in [0.1, 0.15) is 51.4 Å². The Hall–Kier alpha value is -2.50. The fourth-order valence-electron chi connectivity index (χ4n) is 4.14. The van der Waals surface area contributed by atoms with Crippen LogP contribution in [0, 0.1) is 31.6 Å². The summed E-state index contributed by atoms with van der Waals surface area (Å²) >= 11 is 9.26. The molecule has 5 nitrogen and oxygen atoms in total. The molecule has 1 aromatic heterocycles. The van der Waals surface area contributed by atoms with E-state index in [-0.39, 0.29) is 11.3 Å². The number of nitrogens with zero attached hydrogens (tertiary/aromatic N) is 1. The summed E-state index contributed by atoms with van der Waals surface area (Å²) in [5.74, 6) is -2.81. The number of Topliss-reactive ketones (excluding diaryl/α,β-unsaturated/α-hetero) is 2. The number of anilines is 1. The number of rotatable bonds is 6. The van der Waals surface area contributed by atoms with Gasteiger partial charge in [-0.15, -0.1) is 6.42 Å². The minimum Gasteiger partial charge on any atom is -0.343 e. The second-order valence-corrected chi connectivity index (χ2v) is 9.40. The van der Waals surface area contributed by atoms with Crippen LogP contribution in [0.25, 0.3) is 0 Å². The molecule has 9 heteroatoms. The summed E-state index contributed by atoms with van der Waals surface area (Å²) in [7, 11) is 1.60. The first-order valence-electron chi connectivity index (χ1n) is 9.66. The van der Waals surface area contributed by atoms with Gasteiger partial charge in [0, 0.05) is 47.6 Å². The summed E-state index contributed by atoms with van der Waals surface area (Å²) in [6.07, 6.45) is 3.69. The van der Waals surface area contributed by atoms with Gasteiger partial charge in [0.15, 0.2) is 0 Å². The van der Waals surface area contributed by atoms with Gasteiger partial charge < -0.3 is 9.88 Å². The van der Waals surface area contributed by atoms with E-state index in [4.69, 9.17) is 18.0 Å². The fraction of sp³-hybridized carbons (Fsp3) is 0.348. The molecule has 0 spiro atoms. The molecule has 1 N–H and O–H groups in total. The molecule has 0 atom stereocenters. The van der Waals surface area contributed by atoms with Crippen molar-refractivity contribution in [3.63, 3.8) is 0 Å². The topological polar surface area (TPSA) is 68.2 Å². The predicted molar refractivity (Wildman–Crippen MR) is 121 cm³/mol. The van der Waals surface area contributed by atoms with Crippen molar-refractivity contribution in [1.82, 2.24) is 4.57 Å². The van der Waals surface area contributed by atoms with E-state index < -0.39 is 48.1 Å². The number of hydrogen-bond acceptors (Lipinski definition) is 3. The second-order valence-electron chi connectivity index (χ2n) is 8.14. The van der Waals surface area contributed by atoms with Crippen molar-refractivity contribution >= 4 is 50.7 Å². The summed E-state index contributed by atoms with van der Waals surface area (Å²) in [6.45, 7) is 3.17. The van der Waals surface area contributed by atoms with Gasteiger partial charge in [0.1, 0.15) is 5.69 Å². The summed E-state index contributed by atoms with van der Waals surface area (Å²) in [5, 5.41) is 3.22. The molecular weight excluding hydrogens is 506 g/mol. The van der Waals surface area contributed by atoms with Crippen LogP contribution in [0.3, 0.4) is 0 Å². The van der Waals surface area contributed by atoms with E-state index in [9.17, 15) is 23.2 Å². The monoisotopic (exact) mass is 524 g/mol. The zero-order valence-corrected chi connectivity index (χ0v) is 20.0. The van der Waals surface area contributed by atoms with Gasteiger partial charge in [0.2, 0.25) is 11.6 Å². The molecule has 2 aromatic rings. The SMILES string of the molecule is C#CC1(CC(=O)C(=O)c2c(C)c(C(=O)Nc3ccc(Cl)c(Br)c3)n(C)c2C)CC(F)(F)C1. The second kappa shape index (κ2) is 8.45. The lowest BCUT2D eigenvalue weighted by molar-refractivity contribution is -0.146. The Balaban J connectivity index is 1.86. The molecule has 168 valence electrons. The molecule has 1 aliphatic carbocycles. The Kier molecular flexibility index (Phi) is 6.38. The minimum atomic E-state index is -2.92.